The minimum atomic E-state index is -0.537. The fraction of sp³-hybridized carbons (Fsp3) is 0.308. The van der Waals surface area contributed by atoms with Gasteiger partial charge in [-0.3, -0.25) is 4.79 Å². The van der Waals surface area contributed by atoms with Gasteiger partial charge in [0, 0.05) is 17.9 Å². The summed E-state index contributed by atoms with van der Waals surface area (Å²) in [6, 6.07) is 13.1. The molecule has 0 N–H and O–H groups in total. The highest BCUT2D eigenvalue weighted by Crippen LogP contribution is 2.43. The van der Waals surface area contributed by atoms with Gasteiger partial charge in [0.05, 0.1) is 26.9 Å². The lowest BCUT2D eigenvalue weighted by Gasteiger charge is -2.21. The van der Waals surface area contributed by atoms with E-state index in [-0.39, 0.29) is 16.7 Å². The number of esters is 2. The van der Waals surface area contributed by atoms with E-state index in [1.165, 1.54) is 32.8 Å². The molecule has 0 aliphatic heterocycles. The number of carbonyl (C=O) groups is 2. The summed E-state index contributed by atoms with van der Waals surface area (Å²) in [7, 11) is 4.39. The first-order valence-corrected chi connectivity index (χ1v) is 10.2. The standard InChI is InChI=1S/C26H28O6/c1-15(27)32-21-14-20(25(28)31-7)24(16-8-10-17(11-9-16)26(2,3)4)19-13-23(30-6)22(29-5)12-18(19)21/h8-14H,1-7H3. The summed E-state index contributed by atoms with van der Waals surface area (Å²) in [4.78, 5) is 24.6. The van der Waals surface area contributed by atoms with Crippen molar-refractivity contribution in [2.75, 3.05) is 21.3 Å². The number of carbonyl (C=O) groups excluding carboxylic acids is 2. The molecule has 0 aliphatic carbocycles. The average Bonchev–Trinajstić information content (AvgIpc) is 2.76. The highest BCUT2D eigenvalue weighted by atomic mass is 16.5. The van der Waals surface area contributed by atoms with Crippen molar-refractivity contribution in [2.45, 2.75) is 33.1 Å². The Labute approximate surface area is 188 Å². The first-order chi connectivity index (χ1) is 15.1. The maximum absolute atomic E-state index is 12.8. The maximum Gasteiger partial charge on any atom is 0.338 e. The van der Waals surface area contributed by atoms with Crippen LogP contribution in [0, 0.1) is 0 Å². The van der Waals surface area contributed by atoms with E-state index in [9.17, 15) is 9.59 Å². The molecule has 0 aliphatic rings. The van der Waals surface area contributed by atoms with Gasteiger partial charge >= 0.3 is 11.9 Å². The van der Waals surface area contributed by atoms with E-state index in [0.29, 0.717) is 27.8 Å². The zero-order valence-electron chi connectivity index (χ0n) is 19.5. The first kappa shape index (κ1) is 23.1. The Morgan fingerprint density at radius 2 is 1.34 bits per heavy atom. The third kappa shape index (κ3) is 4.40. The minimum absolute atomic E-state index is 0.0124. The van der Waals surface area contributed by atoms with Gasteiger partial charge in [0.1, 0.15) is 5.75 Å². The third-order valence-electron chi connectivity index (χ3n) is 5.30. The van der Waals surface area contributed by atoms with E-state index < -0.39 is 11.9 Å². The number of ether oxygens (including phenoxy) is 4. The van der Waals surface area contributed by atoms with Crippen LogP contribution < -0.4 is 14.2 Å². The van der Waals surface area contributed by atoms with Crippen LogP contribution in [0.25, 0.3) is 21.9 Å². The molecule has 3 aromatic carbocycles. The number of fused-ring (bicyclic) bond motifs is 1. The molecule has 0 fully saturated rings. The van der Waals surface area contributed by atoms with Gasteiger partial charge in [0.15, 0.2) is 11.5 Å². The second-order valence-electron chi connectivity index (χ2n) is 8.46. The highest BCUT2D eigenvalue weighted by Gasteiger charge is 2.23. The van der Waals surface area contributed by atoms with E-state index in [1.807, 2.05) is 24.3 Å². The van der Waals surface area contributed by atoms with Crippen LogP contribution in [0.1, 0.15) is 43.6 Å². The Balaban J connectivity index is 2.43. The molecule has 0 bridgehead atoms. The monoisotopic (exact) mass is 436 g/mol. The SMILES string of the molecule is COC(=O)c1cc(OC(C)=O)c2cc(OC)c(OC)cc2c1-c1ccc(C(C)(C)C)cc1. The van der Waals surface area contributed by atoms with E-state index in [2.05, 4.69) is 20.8 Å². The van der Waals surface area contributed by atoms with Crippen molar-refractivity contribution in [3.05, 3.63) is 53.6 Å². The Kier molecular flexibility index (Phi) is 6.44. The molecule has 6 heteroatoms. The molecule has 3 aromatic rings. The maximum atomic E-state index is 12.8. The molecule has 0 amide bonds. The Hall–Kier alpha value is -3.54. The van der Waals surface area contributed by atoms with E-state index in [0.717, 1.165) is 5.56 Å². The predicted octanol–water partition coefficient (Wildman–Crippen LogP) is 5.53. The van der Waals surface area contributed by atoms with Gasteiger partial charge < -0.3 is 18.9 Å². The molecule has 0 saturated carbocycles. The van der Waals surface area contributed by atoms with Crippen molar-refractivity contribution in [1.82, 2.24) is 0 Å². The van der Waals surface area contributed by atoms with Gasteiger partial charge in [-0.2, -0.15) is 0 Å². The third-order valence-corrected chi connectivity index (χ3v) is 5.30. The quantitative estimate of drug-likeness (QED) is 0.387. The largest absolute Gasteiger partial charge is 0.493 e. The van der Waals surface area contributed by atoms with Crippen molar-refractivity contribution in [3.63, 3.8) is 0 Å². The first-order valence-electron chi connectivity index (χ1n) is 10.2. The molecule has 0 aromatic heterocycles. The summed E-state index contributed by atoms with van der Waals surface area (Å²) >= 11 is 0. The number of hydrogen-bond acceptors (Lipinski definition) is 6. The molecule has 0 spiro atoms. The van der Waals surface area contributed by atoms with Gasteiger partial charge in [-0.25, -0.2) is 4.79 Å². The zero-order chi connectivity index (χ0) is 23.6. The van der Waals surface area contributed by atoms with Crippen LogP contribution in [0.2, 0.25) is 0 Å². The second kappa shape index (κ2) is 8.91. The molecule has 0 radical (unpaired) electrons. The fourth-order valence-electron chi connectivity index (χ4n) is 3.67. The van der Waals surface area contributed by atoms with Gasteiger partial charge in [-0.1, -0.05) is 45.0 Å². The van der Waals surface area contributed by atoms with Crippen LogP contribution in [0.15, 0.2) is 42.5 Å². The van der Waals surface area contributed by atoms with Crippen molar-refractivity contribution in [3.8, 4) is 28.4 Å². The lowest BCUT2D eigenvalue weighted by atomic mass is 9.85. The highest BCUT2D eigenvalue weighted by molar-refractivity contribution is 6.11. The smallest absolute Gasteiger partial charge is 0.338 e. The van der Waals surface area contributed by atoms with E-state index in [4.69, 9.17) is 18.9 Å². The molecule has 3 rings (SSSR count). The van der Waals surface area contributed by atoms with Gasteiger partial charge in [0.25, 0.3) is 0 Å². The van der Waals surface area contributed by atoms with Gasteiger partial charge in [0.2, 0.25) is 0 Å². The number of rotatable bonds is 5. The molecular weight excluding hydrogens is 408 g/mol. The fourth-order valence-corrected chi connectivity index (χ4v) is 3.67. The lowest BCUT2D eigenvalue weighted by molar-refractivity contribution is -0.131. The van der Waals surface area contributed by atoms with Crippen LogP contribution in [-0.2, 0) is 14.9 Å². The topological polar surface area (TPSA) is 71.1 Å². The summed E-state index contributed by atoms with van der Waals surface area (Å²) in [5.41, 5.74) is 2.92. The summed E-state index contributed by atoms with van der Waals surface area (Å²) < 4.78 is 21.4. The molecular formula is C26H28O6. The molecule has 32 heavy (non-hydrogen) atoms. The van der Waals surface area contributed by atoms with Gasteiger partial charge in [-0.05, 0) is 40.1 Å². The average molecular weight is 437 g/mol. The number of hydrogen-bond donors (Lipinski definition) is 0. The second-order valence-corrected chi connectivity index (χ2v) is 8.46. The van der Waals surface area contributed by atoms with Crippen LogP contribution >= 0.6 is 0 Å². The Bertz CT molecular complexity index is 1170. The summed E-state index contributed by atoms with van der Waals surface area (Å²) in [6.45, 7) is 7.73. The van der Waals surface area contributed by atoms with Gasteiger partial charge in [-0.15, -0.1) is 0 Å². The summed E-state index contributed by atoms with van der Waals surface area (Å²) in [5.74, 6) is 0.171. The van der Waals surface area contributed by atoms with E-state index >= 15 is 0 Å². The summed E-state index contributed by atoms with van der Waals surface area (Å²) in [5, 5.41) is 1.28. The summed E-state index contributed by atoms with van der Waals surface area (Å²) in [6.07, 6.45) is 0. The van der Waals surface area contributed by atoms with Crippen LogP contribution in [-0.4, -0.2) is 33.3 Å². The zero-order valence-corrected chi connectivity index (χ0v) is 19.5. The molecule has 0 unspecified atom stereocenters. The van der Waals surface area contributed by atoms with Crippen molar-refractivity contribution in [2.24, 2.45) is 0 Å². The molecule has 168 valence electrons. The number of methoxy groups -OCH3 is 3. The molecule has 0 atom stereocenters. The normalized spacial score (nSPS) is 11.2. The lowest BCUT2D eigenvalue weighted by Crippen LogP contribution is -2.11. The molecule has 0 saturated heterocycles. The Morgan fingerprint density at radius 3 is 1.81 bits per heavy atom. The van der Waals surface area contributed by atoms with Crippen LogP contribution in [0.5, 0.6) is 17.2 Å². The van der Waals surface area contributed by atoms with Crippen molar-refractivity contribution in [1.29, 1.82) is 0 Å². The predicted molar refractivity (Wildman–Crippen MR) is 124 cm³/mol. The number of benzene rings is 3. The van der Waals surface area contributed by atoms with E-state index in [1.54, 1.807) is 19.2 Å². The molecule has 0 heterocycles. The van der Waals surface area contributed by atoms with Crippen molar-refractivity contribution < 1.29 is 28.5 Å². The van der Waals surface area contributed by atoms with Crippen molar-refractivity contribution >= 4 is 22.7 Å². The Morgan fingerprint density at radius 1 is 0.781 bits per heavy atom. The van der Waals surface area contributed by atoms with Crippen LogP contribution in [0.4, 0.5) is 0 Å². The molecule has 6 nitrogen and oxygen atoms in total. The minimum Gasteiger partial charge on any atom is -0.493 e. The van der Waals surface area contributed by atoms with Crippen LogP contribution in [0.3, 0.4) is 0 Å².